The summed E-state index contributed by atoms with van der Waals surface area (Å²) in [5.74, 6) is 0. The Morgan fingerprint density at radius 3 is 1.50 bits per heavy atom. The van der Waals surface area contributed by atoms with Crippen LogP contribution in [-0.2, 0) is 0 Å². The van der Waals surface area contributed by atoms with Crippen molar-refractivity contribution in [2.24, 2.45) is 0 Å². The first kappa shape index (κ1) is 6.44. The van der Waals surface area contributed by atoms with Gasteiger partial charge in [0.25, 0.3) is 0 Å². The minimum absolute atomic E-state index is 1.72. The predicted molar refractivity (Wildman–Crippen MR) is 36.2 cm³/mol. The standard InChI is InChI=1S/C4H8S2/c1-5-3-4-6-2/h3-4H,1-2H3/b4-3-. The van der Waals surface area contributed by atoms with Crippen LogP contribution in [-0.4, -0.2) is 12.5 Å². The highest BCUT2D eigenvalue weighted by atomic mass is 32.2. The Kier molecular flexibility index (Phi) is 5.84. The van der Waals surface area contributed by atoms with E-state index in [0.717, 1.165) is 0 Å². The van der Waals surface area contributed by atoms with Crippen LogP contribution in [0.5, 0.6) is 0 Å². The third kappa shape index (κ3) is 4.44. The van der Waals surface area contributed by atoms with Gasteiger partial charge in [0.2, 0.25) is 0 Å². The molecule has 0 heterocycles. The van der Waals surface area contributed by atoms with Crippen LogP contribution in [0, 0.1) is 0 Å². The van der Waals surface area contributed by atoms with E-state index in [4.69, 9.17) is 0 Å². The summed E-state index contributed by atoms with van der Waals surface area (Å²) in [7, 11) is 0. The first-order valence-corrected chi connectivity index (χ1v) is 4.20. The highest BCUT2D eigenvalue weighted by Gasteiger charge is 1.59. The van der Waals surface area contributed by atoms with Gasteiger partial charge in [0.05, 0.1) is 0 Å². The maximum Gasteiger partial charge on any atom is -0.0142 e. The molecular formula is C4H8S2. The predicted octanol–water partition coefficient (Wildman–Crippen LogP) is 2.18. The van der Waals surface area contributed by atoms with Crippen molar-refractivity contribution < 1.29 is 0 Å². The van der Waals surface area contributed by atoms with Crippen LogP contribution < -0.4 is 0 Å². The van der Waals surface area contributed by atoms with Gasteiger partial charge < -0.3 is 0 Å². The molecule has 0 fully saturated rings. The topological polar surface area (TPSA) is 0 Å². The maximum absolute atomic E-state index is 2.06. The number of hydrogen-bond acceptors (Lipinski definition) is 2. The molecule has 0 aliphatic rings. The molecule has 0 bridgehead atoms. The summed E-state index contributed by atoms with van der Waals surface area (Å²) in [5, 5.41) is 4.12. The second-order valence-corrected chi connectivity index (χ2v) is 2.23. The third-order valence-electron chi connectivity index (χ3n) is 0.328. The Labute approximate surface area is 47.4 Å². The monoisotopic (exact) mass is 120 g/mol. The molecule has 0 N–H and O–H groups in total. The number of thioether (sulfide) groups is 2. The lowest BCUT2D eigenvalue weighted by molar-refractivity contribution is 2.39. The second-order valence-electron chi connectivity index (χ2n) is 0.744. The maximum atomic E-state index is 2.06. The minimum Gasteiger partial charge on any atom is -0.137 e. The molecule has 2 heteroatoms. The quantitative estimate of drug-likeness (QED) is 0.548. The molecule has 0 spiro atoms. The normalized spacial score (nSPS) is 10.3. The summed E-state index contributed by atoms with van der Waals surface area (Å²) < 4.78 is 0. The van der Waals surface area contributed by atoms with E-state index >= 15 is 0 Å². The molecule has 6 heavy (non-hydrogen) atoms. The van der Waals surface area contributed by atoms with Crippen molar-refractivity contribution >= 4 is 23.5 Å². The van der Waals surface area contributed by atoms with Gasteiger partial charge in [-0.25, -0.2) is 0 Å². The van der Waals surface area contributed by atoms with Crippen molar-refractivity contribution in [2.75, 3.05) is 12.5 Å². The first-order chi connectivity index (χ1) is 2.91. The fourth-order valence-electron chi connectivity index (χ4n) is 0.111. The molecule has 0 rings (SSSR count). The fourth-order valence-corrected chi connectivity index (χ4v) is 1.00. The molecule has 0 aliphatic heterocycles. The molecule has 0 aromatic rings. The highest BCUT2D eigenvalue weighted by Crippen LogP contribution is 1.99. The van der Waals surface area contributed by atoms with Crippen molar-refractivity contribution in [3.63, 3.8) is 0 Å². The van der Waals surface area contributed by atoms with Gasteiger partial charge in [0.1, 0.15) is 0 Å². The van der Waals surface area contributed by atoms with Gasteiger partial charge in [-0.3, -0.25) is 0 Å². The van der Waals surface area contributed by atoms with E-state index in [-0.39, 0.29) is 0 Å². The molecule has 0 nitrogen and oxygen atoms in total. The van der Waals surface area contributed by atoms with Crippen LogP contribution in [0.15, 0.2) is 10.8 Å². The molecule has 0 aromatic heterocycles. The molecule has 0 atom stereocenters. The lowest BCUT2D eigenvalue weighted by atomic mass is 11.3. The Bertz CT molecular complexity index is 34.8. The van der Waals surface area contributed by atoms with Gasteiger partial charge in [-0.2, -0.15) is 0 Å². The van der Waals surface area contributed by atoms with Crippen molar-refractivity contribution in [1.29, 1.82) is 0 Å². The summed E-state index contributed by atoms with van der Waals surface area (Å²) in [4.78, 5) is 0. The zero-order chi connectivity index (χ0) is 4.83. The van der Waals surface area contributed by atoms with Crippen LogP contribution in [0.2, 0.25) is 0 Å². The molecule has 36 valence electrons. The Balaban J connectivity index is 2.73. The van der Waals surface area contributed by atoms with E-state index < -0.39 is 0 Å². The third-order valence-corrected chi connectivity index (χ3v) is 1.32. The number of hydrogen-bond donors (Lipinski definition) is 0. The van der Waals surface area contributed by atoms with E-state index in [2.05, 4.69) is 10.8 Å². The van der Waals surface area contributed by atoms with E-state index in [1.54, 1.807) is 23.5 Å². The fraction of sp³-hybridized carbons (Fsp3) is 0.500. The molecule has 0 aromatic carbocycles. The summed E-state index contributed by atoms with van der Waals surface area (Å²) in [6.45, 7) is 0. The van der Waals surface area contributed by atoms with Gasteiger partial charge in [0, 0.05) is 0 Å². The van der Waals surface area contributed by atoms with Crippen LogP contribution in [0.4, 0.5) is 0 Å². The van der Waals surface area contributed by atoms with Crippen LogP contribution >= 0.6 is 23.5 Å². The number of rotatable bonds is 2. The van der Waals surface area contributed by atoms with E-state index in [1.165, 1.54) is 0 Å². The minimum atomic E-state index is 1.72. The molecule has 0 radical (unpaired) electrons. The van der Waals surface area contributed by atoms with Gasteiger partial charge in [-0.1, -0.05) is 0 Å². The summed E-state index contributed by atoms with van der Waals surface area (Å²) in [6.07, 6.45) is 4.10. The Hall–Kier alpha value is 0.440. The van der Waals surface area contributed by atoms with E-state index in [0.29, 0.717) is 0 Å². The van der Waals surface area contributed by atoms with Gasteiger partial charge in [-0.15, -0.1) is 23.5 Å². The largest absolute Gasteiger partial charge is 0.137 e. The van der Waals surface area contributed by atoms with Gasteiger partial charge >= 0.3 is 0 Å². The van der Waals surface area contributed by atoms with Gasteiger partial charge in [-0.05, 0) is 23.3 Å². The van der Waals surface area contributed by atoms with Crippen molar-refractivity contribution in [1.82, 2.24) is 0 Å². The molecule has 0 saturated carbocycles. The van der Waals surface area contributed by atoms with Crippen molar-refractivity contribution in [3.05, 3.63) is 10.8 Å². The molecule has 0 saturated heterocycles. The van der Waals surface area contributed by atoms with E-state index in [1.807, 2.05) is 12.5 Å². The first-order valence-electron chi connectivity index (χ1n) is 1.62. The Morgan fingerprint density at radius 1 is 1.00 bits per heavy atom. The van der Waals surface area contributed by atoms with Crippen molar-refractivity contribution in [2.45, 2.75) is 0 Å². The summed E-state index contributed by atoms with van der Waals surface area (Å²) >= 11 is 3.45. The molecule has 0 unspecified atom stereocenters. The molecule has 0 aliphatic carbocycles. The van der Waals surface area contributed by atoms with Crippen LogP contribution in [0.25, 0.3) is 0 Å². The average Bonchev–Trinajstić information content (AvgIpc) is 1.61. The second kappa shape index (κ2) is 5.44. The van der Waals surface area contributed by atoms with Crippen LogP contribution in [0.1, 0.15) is 0 Å². The lowest BCUT2D eigenvalue weighted by Gasteiger charge is -1.73. The zero-order valence-corrected chi connectivity index (χ0v) is 5.60. The SMILES string of the molecule is CS/C=C\SC. The summed E-state index contributed by atoms with van der Waals surface area (Å²) in [5.41, 5.74) is 0. The zero-order valence-electron chi connectivity index (χ0n) is 3.97. The smallest absolute Gasteiger partial charge is 0.0142 e. The molecule has 0 amide bonds. The Morgan fingerprint density at radius 2 is 1.33 bits per heavy atom. The van der Waals surface area contributed by atoms with E-state index in [9.17, 15) is 0 Å². The van der Waals surface area contributed by atoms with Gasteiger partial charge in [0.15, 0.2) is 0 Å². The molecular weight excluding hydrogens is 112 g/mol. The average molecular weight is 120 g/mol. The highest BCUT2D eigenvalue weighted by molar-refractivity contribution is 8.04. The van der Waals surface area contributed by atoms with Crippen LogP contribution in [0.3, 0.4) is 0 Å². The van der Waals surface area contributed by atoms with Crippen molar-refractivity contribution in [3.8, 4) is 0 Å². The summed E-state index contributed by atoms with van der Waals surface area (Å²) in [6, 6.07) is 0. The lowest BCUT2D eigenvalue weighted by Crippen LogP contribution is -1.39.